The van der Waals surface area contributed by atoms with Gasteiger partial charge in [-0.2, -0.15) is 0 Å². The molecule has 0 aliphatic carbocycles. The second kappa shape index (κ2) is 4.55. The van der Waals surface area contributed by atoms with Crippen LogP contribution in [0.15, 0.2) is 24.3 Å². The second-order valence-corrected chi connectivity index (χ2v) is 4.07. The Bertz CT molecular complexity index is 459. The molecule has 3 N–H and O–H groups in total. The molecule has 0 radical (unpaired) electrons. The number of anilines is 1. The lowest BCUT2D eigenvalue weighted by atomic mass is 10.1. The quantitative estimate of drug-likeness (QED) is 0.791. The maximum Gasteiger partial charge on any atom is 0.321 e. The van der Waals surface area contributed by atoms with Gasteiger partial charge in [0.2, 0.25) is 5.91 Å². The van der Waals surface area contributed by atoms with Crippen molar-refractivity contribution in [3.63, 3.8) is 0 Å². The van der Waals surface area contributed by atoms with Crippen molar-refractivity contribution in [2.75, 3.05) is 11.4 Å². The lowest BCUT2D eigenvalue weighted by Gasteiger charge is -2.18. The van der Waals surface area contributed by atoms with Crippen LogP contribution in [0.3, 0.4) is 0 Å². The summed E-state index contributed by atoms with van der Waals surface area (Å²) in [5.74, 6) is -1.38. The van der Waals surface area contributed by atoms with Crippen molar-refractivity contribution >= 4 is 17.6 Å². The van der Waals surface area contributed by atoms with Crippen LogP contribution in [0.4, 0.5) is 5.69 Å². The molecule has 5 nitrogen and oxygen atoms in total. The van der Waals surface area contributed by atoms with Crippen LogP contribution < -0.4 is 10.6 Å². The van der Waals surface area contributed by atoms with E-state index in [-0.39, 0.29) is 12.3 Å². The van der Waals surface area contributed by atoms with Crippen molar-refractivity contribution < 1.29 is 14.7 Å². The first-order valence-corrected chi connectivity index (χ1v) is 5.46. The molecule has 1 aromatic rings. The van der Waals surface area contributed by atoms with Crippen LogP contribution in [0.5, 0.6) is 0 Å². The number of aliphatic carboxylic acids is 1. The molecule has 1 heterocycles. The third-order valence-corrected chi connectivity index (χ3v) is 2.90. The summed E-state index contributed by atoms with van der Waals surface area (Å²) in [6.45, 7) is 0.602. The zero-order valence-electron chi connectivity index (χ0n) is 9.30. The molecule has 0 spiro atoms. The van der Waals surface area contributed by atoms with Crippen molar-refractivity contribution in [1.29, 1.82) is 0 Å². The van der Waals surface area contributed by atoms with E-state index in [1.807, 2.05) is 24.3 Å². The number of rotatable bonds is 3. The van der Waals surface area contributed by atoms with Gasteiger partial charge in [0.05, 0.1) is 6.42 Å². The van der Waals surface area contributed by atoms with Crippen LogP contribution in [0, 0.1) is 0 Å². The van der Waals surface area contributed by atoms with Crippen LogP contribution >= 0.6 is 0 Å². The number of carbonyl (C=O) groups is 2. The second-order valence-electron chi connectivity index (χ2n) is 4.07. The lowest BCUT2D eigenvalue weighted by molar-refractivity contribution is -0.140. The molecule has 0 bridgehead atoms. The average molecular weight is 234 g/mol. The predicted molar refractivity (Wildman–Crippen MR) is 62.7 cm³/mol. The van der Waals surface area contributed by atoms with Gasteiger partial charge in [-0.25, -0.2) is 0 Å². The van der Waals surface area contributed by atoms with Crippen molar-refractivity contribution in [3.8, 4) is 0 Å². The van der Waals surface area contributed by atoms with Gasteiger partial charge in [0.15, 0.2) is 0 Å². The van der Waals surface area contributed by atoms with Gasteiger partial charge in [0, 0.05) is 12.2 Å². The number of benzene rings is 1. The average Bonchev–Trinajstić information content (AvgIpc) is 2.72. The molecule has 2 rings (SSSR count). The molecule has 90 valence electrons. The van der Waals surface area contributed by atoms with E-state index in [0.717, 1.165) is 17.7 Å². The molecule has 1 aromatic carbocycles. The van der Waals surface area contributed by atoms with E-state index >= 15 is 0 Å². The number of nitrogens with two attached hydrogens (primary N) is 1. The lowest BCUT2D eigenvalue weighted by Crippen LogP contribution is -2.38. The van der Waals surface area contributed by atoms with Gasteiger partial charge < -0.3 is 15.7 Å². The summed E-state index contributed by atoms with van der Waals surface area (Å²) in [6.07, 6.45) is 0.647. The van der Waals surface area contributed by atoms with Gasteiger partial charge in [-0.05, 0) is 18.1 Å². The third kappa shape index (κ3) is 2.29. The van der Waals surface area contributed by atoms with Gasteiger partial charge in [-0.15, -0.1) is 0 Å². The highest BCUT2D eigenvalue weighted by Crippen LogP contribution is 2.27. The summed E-state index contributed by atoms with van der Waals surface area (Å²) < 4.78 is 0. The molecule has 0 saturated carbocycles. The first-order chi connectivity index (χ1) is 8.09. The zero-order chi connectivity index (χ0) is 12.4. The number of carbonyl (C=O) groups excluding carboxylic acids is 1. The van der Waals surface area contributed by atoms with Crippen LogP contribution in [-0.4, -0.2) is 29.6 Å². The highest BCUT2D eigenvalue weighted by atomic mass is 16.4. The molecule has 0 fully saturated rings. The molecular weight excluding hydrogens is 220 g/mol. The highest BCUT2D eigenvalue weighted by Gasteiger charge is 2.26. The summed E-state index contributed by atoms with van der Waals surface area (Å²) in [6, 6.07) is 6.50. The number of hydrogen-bond acceptors (Lipinski definition) is 3. The zero-order valence-corrected chi connectivity index (χ0v) is 9.30. The number of fused-ring (bicyclic) bond motifs is 1. The Hall–Kier alpha value is -1.88. The van der Waals surface area contributed by atoms with Crippen molar-refractivity contribution in [2.45, 2.75) is 18.9 Å². The maximum atomic E-state index is 11.9. The Kier molecular flexibility index (Phi) is 3.10. The van der Waals surface area contributed by atoms with Crippen LogP contribution in [0.25, 0.3) is 0 Å². The molecule has 0 aromatic heterocycles. The van der Waals surface area contributed by atoms with Crippen molar-refractivity contribution in [2.24, 2.45) is 5.73 Å². The molecule has 1 atom stereocenters. The Morgan fingerprint density at radius 1 is 1.41 bits per heavy atom. The van der Waals surface area contributed by atoms with Gasteiger partial charge >= 0.3 is 5.97 Å². The fourth-order valence-electron chi connectivity index (χ4n) is 1.98. The van der Waals surface area contributed by atoms with Crippen molar-refractivity contribution in [1.82, 2.24) is 0 Å². The summed E-state index contributed by atoms with van der Waals surface area (Å²) in [7, 11) is 0. The largest absolute Gasteiger partial charge is 0.480 e. The fraction of sp³-hybridized carbons (Fsp3) is 0.333. The van der Waals surface area contributed by atoms with Gasteiger partial charge in [-0.1, -0.05) is 18.2 Å². The Labute approximate surface area is 98.8 Å². The minimum Gasteiger partial charge on any atom is -0.480 e. The first-order valence-electron chi connectivity index (χ1n) is 5.46. The number of para-hydroxylation sites is 1. The van der Waals surface area contributed by atoms with E-state index in [9.17, 15) is 9.59 Å². The predicted octanol–water partition coefficient (Wildman–Crippen LogP) is 0.378. The molecule has 17 heavy (non-hydrogen) atoms. The van der Waals surface area contributed by atoms with E-state index in [1.54, 1.807) is 4.90 Å². The highest BCUT2D eigenvalue weighted by molar-refractivity contribution is 5.97. The number of carboxylic acids is 1. The molecular formula is C12H14N2O3. The normalized spacial score (nSPS) is 15.5. The number of carboxylic acid groups (broad SMARTS) is 1. The standard InChI is InChI=1S/C12H14N2O3/c13-9(12(16)17)7-11(15)14-6-5-8-3-1-2-4-10(8)14/h1-4,9H,5-7,13H2,(H,16,17). The van der Waals surface area contributed by atoms with Crippen molar-refractivity contribution in [3.05, 3.63) is 29.8 Å². The summed E-state index contributed by atoms with van der Waals surface area (Å²) in [5, 5.41) is 8.67. The molecule has 1 aliphatic rings. The van der Waals surface area contributed by atoms with Crippen LogP contribution in [0.1, 0.15) is 12.0 Å². The van der Waals surface area contributed by atoms with E-state index in [1.165, 1.54) is 0 Å². The smallest absolute Gasteiger partial charge is 0.321 e. The molecule has 5 heteroatoms. The Balaban J connectivity index is 2.10. The van der Waals surface area contributed by atoms with Crippen LogP contribution in [0.2, 0.25) is 0 Å². The van der Waals surface area contributed by atoms with E-state index < -0.39 is 12.0 Å². The minimum absolute atomic E-state index is 0.163. The number of amides is 1. The molecule has 1 unspecified atom stereocenters. The van der Waals surface area contributed by atoms with Gasteiger partial charge in [0.25, 0.3) is 0 Å². The Morgan fingerprint density at radius 2 is 2.12 bits per heavy atom. The summed E-state index contributed by atoms with van der Waals surface area (Å²) >= 11 is 0. The van der Waals surface area contributed by atoms with E-state index in [4.69, 9.17) is 10.8 Å². The monoisotopic (exact) mass is 234 g/mol. The summed E-state index contributed by atoms with van der Waals surface area (Å²) in [4.78, 5) is 24.1. The van der Waals surface area contributed by atoms with E-state index in [0.29, 0.717) is 6.54 Å². The summed E-state index contributed by atoms with van der Waals surface area (Å²) in [5.41, 5.74) is 7.34. The number of nitrogens with zero attached hydrogens (tertiary/aromatic N) is 1. The molecule has 1 aliphatic heterocycles. The topological polar surface area (TPSA) is 83.6 Å². The minimum atomic E-state index is -1.15. The SMILES string of the molecule is NC(CC(=O)N1CCc2ccccc21)C(=O)O. The molecule has 0 saturated heterocycles. The van der Waals surface area contributed by atoms with E-state index in [2.05, 4.69) is 0 Å². The van der Waals surface area contributed by atoms with Crippen LogP contribution in [-0.2, 0) is 16.0 Å². The molecule has 1 amide bonds. The maximum absolute atomic E-state index is 11.9. The Morgan fingerprint density at radius 3 is 2.82 bits per heavy atom. The number of hydrogen-bond donors (Lipinski definition) is 2. The van der Waals surface area contributed by atoms with Gasteiger partial charge in [0.1, 0.15) is 6.04 Å². The fourth-order valence-corrected chi connectivity index (χ4v) is 1.98. The third-order valence-electron chi connectivity index (χ3n) is 2.90. The van der Waals surface area contributed by atoms with Gasteiger partial charge in [-0.3, -0.25) is 9.59 Å². The first kappa shape index (κ1) is 11.6.